The summed E-state index contributed by atoms with van der Waals surface area (Å²) in [5, 5.41) is 0.209. The molecule has 1 atom stereocenters. The van der Waals surface area contributed by atoms with Gasteiger partial charge in [-0.25, -0.2) is 4.98 Å². The van der Waals surface area contributed by atoms with Gasteiger partial charge in [-0.3, -0.25) is 4.79 Å². The van der Waals surface area contributed by atoms with E-state index in [4.69, 9.17) is 11.6 Å². The minimum Gasteiger partial charge on any atom is -0.355 e. The number of aromatic nitrogens is 2. The van der Waals surface area contributed by atoms with E-state index in [-0.39, 0.29) is 10.6 Å². The SMILES string of the molecule is CC(C)C1CCCN(c2nc[nH]c(=O)c2Cl)CC1. The van der Waals surface area contributed by atoms with Crippen LogP contribution in [0.3, 0.4) is 0 Å². The fourth-order valence-corrected chi connectivity index (χ4v) is 2.82. The zero-order valence-corrected chi connectivity index (χ0v) is 11.7. The van der Waals surface area contributed by atoms with Crippen molar-refractivity contribution in [1.82, 2.24) is 9.97 Å². The van der Waals surface area contributed by atoms with Crippen molar-refractivity contribution in [3.8, 4) is 0 Å². The number of hydrogen-bond donors (Lipinski definition) is 1. The second kappa shape index (κ2) is 5.74. The lowest BCUT2D eigenvalue weighted by molar-refractivity contribution is 0.351. The summed E-state index contributed by atoms with van der Waals surface area (Å²) in [5.41, 5.74) is -0.258. The molecule has 0 saturated carbocycles. The fraction of sp³-hybridized carbons (Fsp3) is 0.692. The van der Waals surface area contributed by atoms with Crippen LogP contribution in [-0.2, 0) is 0 Å². The average molecular weight is 270 g/mol. The van der Waals surface area contributed by atoms with Gasteiger partial charge in [0.15, 0.2) is 5.82 Å². The molecule has 1 unspecified atom stereocenters. The van der Waals surface area contributed by atoms with Crippen molar-refractivity contribution in [3.63, 3.8) is 0 Å². The lowest BCUT2D eigenvalue weighted by Crippen LogP contribution is -2.27. The Morgan fingerprint density at radius 1 is 1.44 bits per heavy atom. The molecule has 0 aromatic carbocycles. The topological polar surface area (TPSA) is 49.0 Å². The Kier molecular flexibility index (Phi) is 4.27. The first-order valence-electron chi connectivity index (χ1n) is 6.57. The Morgan fingerprint density at radius 2 is 2.22 bits per heavy atom. The Morgan fingerprint density at radius 3 is 2.94 bits per heavy atom. The van der Waals surface area contributed by atoms with Crippen LogP contribution in [0, 0.1) is 11.8 Å². The van der Waals surface area contributed by atoms with Crippen LogP contribution in [0.15, 0.2) is 11.1 Å². The maximum Gasteiger partial charge on any atom is 0.271 e. The van der Waals surface area contributed by atoms with Crippen LogP contribution in [0.5, 0.6) is 0 Å². The monoisotopic (exact) mass is 269 g/mol. The van der Waals surface area contributed by atoms with E-state index in [1.165, 1.54) is 12.7 Å². The first-order chi connectivity index (χ1) is 8.59. The van der Waals surface area contributed by atoms with Gasteiger partial charge in [-0.2, -0.15) is 0 Å². The van der Waals surface area contributed by atoms with Crippen LogP contribution in [0.2, 0.25) is 5.02 Å². The number of aromatic amines is 1. The highest BCUT2D eigenvalue weighted by Gasteiger charge is 2.22. The standard InChI is InChI=1S/C13H20ClN3O/c1-9(2)10-4-3-6-17(7-5-10)12-11(14)13(18)16-8-15-12/h8-10H,3-7H2,1-2H3,(H,15,16,18). The van der Waals surface area contributed by atoms with Crippen molar-refractivity contribution in [2.45, 2.75) is 33.1 Å². The van der Waals surface area contributed by atoms with Gasteiger partial charge in [0.1, 0.15) is 5.02 Å². The molecule has 18 heavy (non-hydrogen) atoms. The lowest BCUT2D eigenvalue weighted by Gasteiger charge is -2.22. The van der Waals surface area contributed by atoms with E-state index in [9.17, 15) is 4.79 Å². The molecule has 5 heteroatoms. The molecule has 0 aliphatic carbocycles. The summed E-state index contributed by atoms with van der Waals surface area (Å²) in [5.74, 6) is 2.10. The van der Waals surface area contributed by atoms with Gasteiger partial charge in [0.05, 0.1) is 6.33 Å². The van der Waals surface area contributed by atoms with Crippen LogP contribution in [0.25, 0.3) is 0 Å². The minimum atomic E-state index is -0.258. The molecule has 1 aromatic rings. The van der Waals surface area contributed by atoms with Crippen LogP contribution in [0.4, 0.5) is 5.82 Å². The summed E-state index contributed by atoms with van der Waals surface area (Å²) in [6, 6.07) is 0. The van der Waals surface area contributed by atoms with E-state index in [0.717, 1.165) is 31.8 Å². The fourth-order valence-electron chi connectivity index (χ4n) is 2.59. The molecule has 1 aliphatic heterocycles. The van der Waals surface area contributed by atoms with E-state index >= 15 is 0 Å². The molecule has 0 amide bonds. The van der Waals surface area contributed by atoms with E-state index in [2.05, 4.69) is 28.7 Å². The summed E-state index contributed by atoms with van der Waals surface area (Å²) >= 11 is 6.03. The van der Waals surface area contributed by atoms with Gasteiger partial charge in [0.25, 0.3) is 5.56 Å². The van der Waals surface area contributed by atoms with Gasteiger partial charge in [-0.1, -0.05) is 25.4 Å². The van der Waals surface area contributed by atoms with Crippen molar-refractivity contribution < 1.29 is 0 Å². The van der Waals surface area contributed by atoms with Crippen molar-refractivity contribution in [1.29, 1.82) is 0 Å². The first-order valence-corrected chi connectivity index (χ1v) is 6.95. The predicted molar refractivity (Wildman–Crippen MR) is 74.3 cm³/mol. The molecule has 1 N–H and O–H groups in total. The molecule has 1 fully saturated rings. The zero-order valence-electron chi connectivity index (χ0n) is 10.9. The molecule has 4 nitrogen and oxygen atoms in total. The molecular formula is C13H20ClN3O. The third kappa shape index (κ3) is 2.86. The Balaban J connectivity index is 2.15. The summed E-state index contributed by atoms with van der Waals surface area (Å²) in [6.45, 7) is 6.41. The molecule has 0 bridgehead atoms. The largest absolute Gasteiger partial charge is 0.355 e. The Labute approximate surface area is 112 Å². The summed E-state index contributed by atoms with van der Waals surface area (Å²) in [7, 11) is 0. The number of nitrogens with zero attached hydrogens (tertiary/aromatic N) is 2. The van der Waals surface area contributed by atoms with Crippen LogP contribution in [-0.4, -0.2) is 23.1 Å². The second-order valence-electron chi connectivity index (χ2n) is 5.29. The number of halogens is 1. The second-order valence-corrected chi connectivity index (χ2v) is 5.67. The van der Waals surface area contributed by atoms with Crippen molar-refractivity contribution in [2.24, 2.45) is 11.8 Å². The smallest absolute Gasteiger partial charge is 0.271 e. The molecule has 2 rings (SSSR count). The molecule has 1 aliphatic rings. The van der Waals surface area contributed by atoms with Crippen molar-refractivity contribution in [3.05, 3.63) is 21.7 Å². The third-order valence-corrected chi connectivity index (χ3v) is 4.13. The van der Waals surface area contributed by atoms with Gasteiger partial charge < -0.3 is 9.88 Å². The van der Waals surface area contributed by atoms with Gasteiger partial charge in [0.2, 0.25) is 0 Å². The molecule has 2 heterocycles. The van der Waals surface area contributed by atoms with Crippen LogP contribution in [0.1, 0.15) is 33.1 Å². The van der Waals surface area contributed by atoms with Crippen molar-refractivity contribution in [2.75, 3.05) is 18.0 Å². The Hall–Kier alpha value is -1.03. The van der Waals surface area contributed by atoms with Gasteiger partial charge in [-0.15, -0.1) is 0 Å². The maximum absolute atomic E-state index is 11.5. The third-order valence-electron chi connectivity index (χ3n) is 3.79. The zero-order chi connectivity index (χ0) is 13.1. The molecular weight excluding hydrogens is 250 g/mol. The predicted octanol–water partition coefficient (Wildman–Crippen LogP) is 2.69. The summed E-state index contributed by atoms with van der Waals surface area (Å²) < 4.78 is 0. The average Bonchev–Trinajstić information content (AvgIpc) is 2.58. The van der Waals surface area contributed by atoms with Gasteiger partial charge in [-0.05, 0) is 31.1 Å². The maximum atomic E-state index is 11.5. The highest BCUT2D eigenvalue weighted by atomic mass is 35.5. The van der Waals surface area contributed by atoms with Gasteiger partial charge >= 0.3 is 0 Å². The minimum absolute atomic E-state index is 0.209. The summed E-state index contributed by atoms with van der Waals surface area (Å²) in [4.78, 5) is 20.3. The van der Waals surface area contributed by atoms with Crippen molar-refractivity contribution >= 4 is 17.4 Å². The number of rotatable bonds is 2. The Bertz CT molecular complexity index is 458. The quantitative estimate of drug-likeness (QED) is 0.898. The molecule has 1 saturated heterocycles. The first kappa shape index (κ1) is 13.4. The number of nitrogens with one attached hydrogen (secondary N) is 1. The van der Waals surface area contributed by atoms with E-state index in [0.29, 0.717) is 11.7 Å². The normalized spacial score (nSPS) is 21.1. The molecule has 100 valence electrons. The van der Waals surface area contributed by atoms with E-state index in [1.54, 1.807) is 0 Å². The van der Waals surface area contributed by atoms with Crippen LogP contribution < -0.4 is 10.5 Å². The number of hydrogen-bond acceptors (Lipinski definition) is 3. The number of anilines is 1. The number of H-pyrrole nitrogens is 1. The van der Waals surface area contributed by atoms with E-state index < -0.39 is 0 Å². The summed E-state index contributed by atoms with van der Waals surface area (Å²) in [6.07, 6.45) is 4.94. The van der Waals surface area contributed by atoms with Gasteiger partial charge in [0, 0.05) is 13.1 Å². The highest BCUT2D eigenvalue weighted by molar-refractivity contribution is 6.32. The molecule has 1 aromatic heterocycles. The molecule has 0 spiro atoms. The molecule has 0 radical (unpaired) electrons. The van der Waals surface area contributed by atoms with E-state index in [1.807, 2.05) is 0 Å². The lowest BCUT2D eigenvalue weighted by atomic mass is 9.89. The highest BCUT2D eigenvalue weighted by Crippen LogP contribution is 2.28. The van der Waals surface area contributed by atoms with Crippen LogP contribution >= 0.6 is 11.6 Å².